The Balaban J connectivity index is 0. The van der Waals surface area contributed by atoms with Gasteiger partial charge in [-0.3, -0.25) is 0 Å². The Morgan fingerprint density at radius 3 is 1.77 bits per heavy atom. The lowest BCUT2D eigenvalue weighted by molar-refractivity contribution is 0.569. The maximum atomic E-state index is 5.75. The van der Waals surface area contributed by atoms with E-state index in [1.54, 1.807) is 5.57 Å². The number of hydrogen-bond acceptors (Lipinski definition) is 1. The van der Waals surface area contributed by atoms with Crippen LogP contribution in [0.3, 0.4) is 0 Å². The summed E-state index contributed by atoms with van der Waals surface area (Å²) in [6.07, 6.45) is 3.52. The minimum atomic E-state index is 0.439. The summed E-state index contributed by atoms with van der Waals surface area (Å²) < 4.78 is 0. The van der Waals surface area contributed by atoms with Crippen molar-refractivity contribution in [2.75, 3.05) is 0 Å². The monoisotopic (exact) mass is 185 g/mol. The van der Waals surface area contributed by atoms with Crippen LogP contribution in [0.2, 0.25) is 0 Å². The first kappa shape index (κ1) is 15.2. The maximum absolute atomic E-state index is 5.75. The van der Waals surface area contributed by atoms with Crippen molar-refractivity contribution in [2.45, 2.75) is 66.8 Å². The molecule has 1 unspecified atom stereocenters. The van der Waals surface area contributed by atoms with Gasteiger partial charge in [0.2, 0.25) is 0 Å². The van der Waals surface area contributed by atoms with Crippen LogP contribution in [0.4, 0.5) is 0 Å². The third-order valence-corrected chi connectivity index (χ3v) is 2.19. The Kier molecular flexibility index (Phi) is 11.4. The Hall–Kier alpha value is -0.300. The molecule has 0 aromatic carbocycles. The molecule has 0 saturated carbocycles. The van der Waals surface area contributed by atoms with Gasteiger partial charge < -0.3 is 5.73 Å². The van der Waals surface area contributed by atoms with Crippen molar-refractivity contribution < 1.29 is 0 Å². The van der Waals surface area contributed by atoms with Crippen molar-refractivity contribution >= 4 is 0 Å². The van der Waals surface area contributed by atoms with E-state index in [2.05, 4.69) is 13.8 Å². The Morgan fingerprint density at radius 1 is 1.00 bits per heavy atom. The number of nitrogens with two attached hydrogens (primary N) is 1. The first-order valence-corrected chi connectivity index (χ1v) is 5.61. The van der Waals surface area contributed by atoms with Gasteiger partial charge in [-0.1, -0.05) is 38.8 Å². The molecule has 13 heavy (non-hydrogen) atoms. The van der Waals surface area contributed by atoms with E-state index in [0.29, 0.717) is 6.04 Å². The van der Waals surface area contributed by atoms with Crippen molar-refractivity contribution in [3.63, 3.8) is 0 Å². The first-order valence-electron chi connectivity index (χ1n) is 5.61. The van der Waals surface area contributed by atoms with Gasteiger partial charge in [0.15, 0.2) is 0 Å². The molecule has 1 rings (SSSR count). The highest BCUT2D eigenvalue weighted by Crippen LogP contribution is 2.22. The van der Waals surface area contributed by atoms with Gasteiger partial charge >= 0.3 is 0 Å². The molecule has 0 saturated heterocycles. The van der Waals surface area contributed by atoms with Crippen molar-refractivity contribution in [3.8, 4) is 0 Å². The van der Waals surface area contributed by atoms with Crippen LogP contribution in [0.1, 0.15) is 60.8 Å². The molecule has 0 radical (unpaired) electrons. The topological polar surface area (TPSA) is 26.0 Å². The van der Waals surface area contributed by atoms with E-state index >= 15 is 0 Å². The SMILES string of the molecule is CC.CC.CC1=C(C)CC(N)CC1. The lowest BCUT2D eigenvalue weighted by Gasteiger charge is -2.20. The molecule has 0 bridgehead atoms. The van der Waals surface area contributed by atoms with Crippen molar-refractivity contribution in [1.82, 2.24) is 0 Å². The minimum absolute atomic E-state index is 0.439. The average Bonchev–Trinajstić information content (AvgIpc) is 2.18. The van der Waals surface area contributed by atoms with Crippen LogP contribution in [0, 0.1) is 0 Å². The molecule has 0 aromatic rings. The normalized spacial score (nSPS) is 21.0. The van der Waals surface area contributed by atoms with Gasteiger partial charge in [0, 0.05) is 6.04 Å². The molecule has 2 N–H and O–H groups in total. The van der Waals surface area contributed by atoms with Crippen LogP contribution < -0.4 is 5.73 Å². The molecule has 1 nitrogen and oxygen atoms in total. The van der Waals surface area contributed by atoms with Gasteiger partial charge in [-0.15, -0.1) is 0 Å². The number of hydrogen-bond donors (Lipinski definition) is 1. The molecule has 0 aliphatic heterocycles. The summed E-state index contributed by atoms with van der Waals surface area (Å²) in [5.41, 5.74) is 8.81. The molecule has 1 heteroatoms. The van der Waals surface area contributed by atoms with E-state index < -0.39 is 0 Å². The molecule has 1 aliphatic rings. The molecule has 0 spiro atoms. The van der Waals surface area contributed by atoms with Crippen molar-refractivity contribution in [2.24, 2.45) is 5.73 Å². The van der Waals surface area contributed by atoms with Crippen molar-refractivity contribution in [1.29, 1.82) is 0 Å². The van der Waals surface area contributed by atoms with Gasteiger partial charge in [-0.05, 0) is 33.1 Å². The Morgan fingerprint density at radius 2 is 1.46 bits per heavy atom. The minimum Gasteiger partial charge on any atom is -0.327 e. The molecule has 80 valence electrons. The zero-order valence-corrected chi connectivity index (χ0v) is 10.3. The third kappa shape index (κ3) is 6.83. The fourth-order valence-electron chi connectivity index (χ4n) is 1.28. The summed E-state index contributed by atoms with van der Waals surface area (Å²) >= 11 is 0. The summed E-state index contributed by atoms with van der Waals surface area (Å²) in [7, 11) is 0. The largest absolute Gasteiger partial charge is 0.327 e. The Labute approximate surface area is 84.4 Å². The molecule has 0 heterocycles. The van der Waals surface area contributed by atoms with Crippen LogP contribution >= 0.6 is 0 Å². The number of allylic oxidation sites excluding steroid dienone is 1. The standard InChI is InChI=1S/C8H15N.2C2H6/c1-6-3-4-8(9)5-7(6)2;2*1-2/h8H,3-5,9H2,1-2H3;2*1-2H3. The highest BCUT2D eigenvalue weighted by Gasteiger charge is 2.11. The summed E-state index contributed by atoms with van der Waals surface area (Å²) in [4.78, 5) is 0. The quantitative estimate of drug-likeness (QED) is 0.569. The molecule has 1 atom stereocenters. The van der Waals surface area contributed by atoms with Crippen LogP contribution in [-0.4, -0.2) is 6.04 Å². The summed E-state index contributed by atoms with van der Waals surface area (Å²) in [6.45, 7) is 12.4. The summed E-state index contributed by atoms with van der Waals surface area (Å²) in [5, 5.41) is 0. The molecule has 0 fully saturated rings. The highest BCUT2D eigenvalue weighted by atomic mass is 14.6. The summed E-state index contributed by atoms with van der Waals surface area (Å²) in [5.74, 6) is 0. The maximum Gasteiger partial charge on any atom is 0.00791 e. The molecule has 0 aromatic heterocycles. The second-order valence-electron chi connectivity index (χ2n) is 3.06. The highest BCUT2D eigenvalue weighted by molar-refractivity contribution is 5.14. The second kappa shape index (κ2) is 9.79. The van der Waals surface area contributed by atoms with Crippen molar-refractivity contribution in [3.05, 3.63) is 11.1 Å². The van der Waals surface area contributed by atoms with E-state index in [1.165, 1.54) is 18.4 Å². The lowest BCUT2D eigenvalue weighted by atomic mass is 9.91. The van der Waals surface area contributed by atoms with Crippen LogP contribution in [0.5, 0.6) is 0 Å². The van der Waals surface area contributed by atoms with Gasteiger partial charge in [0.05, 0.1) is 0 Å². The van der Waals surface area contributed by atoms with Gasteiger partial charge in [-0.25, -0.2) is 0 Å². The van der Waals surface area contributed by atoms with E-state index in [1.807, 2.05) is 27.7 Å². The fraction of sp³-hybridized carbons (Fsp3) is 0.833. The first-order chi connectivity index (χ1) is 6.20. The molecule has 1 aliphatic carbocycles. The predicted molar refractivity (Wildman–Crippen MR) is 62.9 cm³/mol. The lowest BCUT2D eigenvalue weighted by Crippen LogP contribution is -2.23. The zero-order valence-electron chi connectivity index (χ0n) is 10.3. The Bertz CT molecular complexity index is 136. The van der Waals surface area contributed by atoms with E-state index in [0.717, 1.165) is 6.42 Å². The third-order valence-electron chi connectivity index (χ3n) is 2.19. The average molecular weight is 185 g/mol. The van der Waals surface area contributed by atoms with Crippen LogP contribution in [-0.2, 0) is 0 Å². The second-order valence-corrected chi connectivity index (χ2v) is 3.06. The van der Waals surface area contributed by atoms with E-state index in [-0.39, 0.29) is 0 Å². The molecular formula is C12H27N. The smallest absolute Gasteiger partial charge is 0.00791 e. The molecule has 0 amide bonds. The number of rotatable bonds is 0. The molecular weight excluding hydrogens is 158 g/mol. The van der Waals surface area contributed by atoms with E-state index in [9.17, 15) is 0 Å². The van der Waals surface area contributed by atoms with E-state index in [4.69, 9.17) is 5.73 Å². The van der Waals surface area contributed by atoms with Gasteiger partial charge in [0.25, 0.3) is 0 Å². The summed E-state index contributed by atoms with van der Waals surface area (Å²) in [6, 6.07) is 0.439. The predicted octanol–water partition coefficient (Wildman–Crippen LogP) is 3.89. The van der Waals surface area contributed by atoms with Gasteiger partial charge in [-0.2, -0.15) is 0 Å². The van der Waals surface area contributed by atoms with Crippen LogP contribution in [0.15, 0.2) is 11.1 Å². The van der Waals surface area contributed by atoms with Gasteiger partial charge in [0.1, 0.15) is 0 Å². The zero-order chi connectivity index (χ0) is 10.9. The fourth-order valence-corrected chi connectivity index (χ4v) is 1.28. The van der Waals surface area contributed by atoms with Crippen LogP contribution in [0.25, 0.3) is 0 Å².